The topological polar surface area (TPSA) is 42.2 Å². The lowest BCUT2D eigenvalue weighted by molar-refractivity contribution is 0.563. The molecular weight excluding hydrogens is 268 g/mol. The number of hydrogen-bond acceptors (Lipinski definition) is 4. The van der Waals surface area contributed by atoms with Gasteiger partial charge >= 0.3 is 0 Å². The first-order valence-corrected chi connectivity index (χ1v) is 7.60. The first-order valence-electron chi connectivity index (χ1n) is 6.72. The molecule has 0 saturated heterocycles. The fourth-order valence-electron chi connectivity index (χ4n) is 2.40. The quantitative estimate of drug-likeness (QED) is 0.800. The minimum atomic E-state index is 0.293. The predicted molar refractivity (Wildman–Crippen MR) is 82.0 cm³/mol. The van der Waals surface area contributed by atoms with Crippen LogP contribution >= 0.6 is 11.3 Å². The molecule has 0 spiro atoms. The minimum Gasteiger partial charge on any atom is -0.305 e. The van der Waals surface area contributed by atoms with Gasteiger partial charge in [0.2, 0.25) is 0 Å². The molecule has 0 fully saturated rings. The van der Waals surface area contributed by atoms with Crippen molar-refractivity contribution in [3.8, 4) is 0 Å². The van der Waals surface area contributed by atoms with Crippen molar-refractivity contribution in [2.24, 2.45) is 0 Å². The summed E-state index contributed by atoms with van der Waals surface area (Å²) in [5, 5.41) is 5.72. The van der Waals surface area contributed by atoms with E-state index in [4.69, 9.17) is 0 Å². The standard InChI is InChI=1S/C15H18N4S/c1-10-9-20-15-18-12(3)14(19(10)15)8-17-11(2)13-4-6-16-7-5-13/h4-7,9,11,17H,8H2,1-3H3. The Morgan fingerprint density at radius 2 is 2.05 bits per heavy atom. The number of fused-ring (bicyclic) bond motifs is 1. The highest BCUT2D eigenvalue weighted by Crippen LogP contribution is 2.21. The lowest BCUT2D eigenvalue weighted by Gasteiger charge is -2.14. The van der Waals surface area contributed by atoms with E-state index in [1.54, 1.807) is 11.3 Å². The van der Waals surface area contributed by atoms with Gasteiger partial charge < -0.3 is 5.32 Å². The third-order valence-electron chi connectivity index (χ3n) is 3.61. The Bertz CT molecular complexity index is 714. The number of aryl methyl sites for hydroxylation is 2. The zero-order chi connectivity index (χ0) is 14.1. The van der Waals surface area contributed by atoms with Gasteiger partial charge in [0.05, 0.1) is 11.4 Å². The SMILES string of the molecule is Cc1nc2scc(C)n2c1CNC(C)c1ccncc1. The van der Waals surface area contributed by atoms with Crippen molar-refractivity contribution in [3.63, 3.8) is 0 Å². The average molecular weight is 286 g/mol. The van der Waals surface area contributed by atoms with Gasteiger partial charge in [-0.2, -0.15) is 0 Å². The molecule has 0 aliphatic carbocycles. The number of rotatable bonds is 4. The molecule has 0 aromatic carbocycles. The smallest absolute Gasteiger partial charge is 0.194 e. The van der Waals surface area contributed by atoms with Crippen LogP contribution in [-0.2, 0) is 6.54 Å². The van der Waals surface area contributed by atoms with Gasteiger partial charge in [-0.25, -0.2) is 4.98 Å². The molecule has 0 amide bonds. The monoisotopic (exact) mass is 286 g/mol. The molecule has 3 heterocycles. The summed E-state index contributed by atoms with van der Waals surface area (Å²) in [6, 6.07) is 4.39. The van der Waals surface area contributed by atoms with Gasteiger partial charge in [-0.3, -0.25) is 9.38 Å². The molecule has 0 aliphatic rings. The summed E-state index contributed by atoms with van der Waals surface area (Å²) in [5.41, 5.74) is 4.86. The first kappa shape index (κ1) is 13.3. The molecule has 0 radical (unpaired) electrons. The summed E-state index contributed by atoms with van der Waals surface area (Å²) >= 11 is 1.70. The van der Waals surface area contributed by atoms with Gasteiger partial charge in [-0.1, -0.05) is 0 Å². The number of nitrogens with zero attached hydrogens (tertiary/aromatic N) is 3. The highest BCUT2D eigenvalue weighted by atomic mass is 32.1. The van der Waals surface area contributed by atoms with E-state index in [-0.39, 0.29) is 0 Å². The van der Waals surface area contributed by atoms with Gasteiger partial charge in [0.1, 0.15) is 0 Å². The molecule has 3 rings (SSSR count). The van der Waals surface area contributed by atoms with E-state index in [0.29, 0.717) is 6.04 Å². The summed E-state index contributed by atoms with van der Waals surface area (Å²) in [5.74, 6) is 0. The summed E-state index contributed by atoms with van der Waals surface area (Å²) in [4.78, 5) is 9.75. The fraction of sp³-hybridized carbons (Fsp3) is 0.333. The van der Waals surface area contributed by atoms with Gasteiger partial charge in [-0.15, -0.1) is 11.3 Å². The van der Waals surface area contributed by atoms with Gasteiger partial charge in [0.25, 0.3) is 0 Å². The number of imidazole rings is 1. The Labute approximate surface area is 122 Å². The molecule has 1 unspecified atom stereocenters. The number of pyridine rings is 1. The van der Waals surface area contributed by atoms with Crippen LogP contribution in [0.15, 0.2) is 29.9 Å². The summed E-state index contributed by atoms with van der Waals surface area (Å²) in [7, 11) is 0. The van der Waals surface area contributed by atoms with Crippen LogP contribution in [0.3, 0.4) is 0 Å². The van der Waals surface area contributed by atoms with Crippen molar-refractivity contribution in [1.82, 2.24) is 19.7 Å². The molecule has 5 heteroatoms. The van der Waals surface area contributed by atoms with Crippen LogP contribution in [0.25, 0.3) is 4.96 Å². The van der Waals surface area contributed by atoms with E-state index >= 15 is 0 Å². The zero-order valence-corrected chi connectivity index (χ0v) is 12.7. The van der Waals surface area contributed by atoms with Crippen molar-refractivity contribution in [1.29, 1.82) is 0 Å². The molecule has 0 bridgehead atoms. The molecule has 0 saturated carbocycles. The van der Waals surface area contributed by atoms with Gasteiger partial charge in [-0.05, 0) is 38.5 Å². The maximum absolute atomic E-state index is 4.62. The van der Waals surface area contributed by atoms with Crippen molar-refractivity contribution in [3.05, 3.63) is 52.6 Å². The van der Waals surface area contributed by atoms with Crippen LogP contribution < -0.4 is 5.32 Å². The van der Waals surface area contributed by atoms with Crippen molar-refractivity contribution in [2.75, 3.05) is 0 Å². The van der Waals surface area contributed by atoms with E-state index in [2.05, 4.69) is 45.8 Å². The zero-order valence-electron chi connectivity index (χ0n) is 11.9. The van der Waals surface area contributed by atoms with E-state index in [1.807, 2.05) is 24.5 Å². The Balaban J connectivity index is 1.80. The summed E-state index contributed by atoms with van der Waals surface area (Å²) < 4.78 is 2.24. The third kappa shape index (κ3) is 2.34. The largest absolute Gasteiger partial charge is 0.305 e. The summed E-state index contributed by atoms with van der Waals surface area (Å²) in [6.07, 6.45) is 3.66. The van der Waals surface area contributed by atoms with Crippen LogP contribution in [0.4, 0.5) is 0 Å². The second-order valence-electron chi connectivity index (χ2n) is 5.02. The highest BCUT2D eigenvalue weighted by Gasteiger charge is 2.13. The van der Waals surface area contributed by atoms with E-state index < -0.39 is 0 Å². The molecule has 20 heavy (non-hydrogen) atoms. The molecule has 3 aromatic heterocycles. The normalized spacial score (nSPS) is 12.9. The van der Waals surface area contributed by atoms with Crippen molar-refractivity contribution in [2.45, 2.75) is 33.4 Å². The fourth-order valence-corrected chi connectivity index (χ4v) is 3.33. The molecular formula is C15H18N4S. The molecule has 104 valence electrons. The minimum absolute atomic E-state index is 0.293. The van der Waals surface area contributed by atoms with E-state index in [1.165, 1.54) is 17.0 Å². The number of thiazole rings is 1. The van der Waals surface area contributed by atoms with Crippen molar-refractivity contribution >= 4 is 16.3 Å². The van der Waals surface area contributed by atoms with Crippen LogP contribution in [-0.4, -0.2) is 14.4 Å². The third-order valence-corrected chi connectivity index (χ3v) is 4.56. The lowest BCUT2D eigenvalue weighted by atomic mass is 10.1. The summed E-state index contributed by atoms with van der Waals surface area (Å²) in [6.45, 7) is 7.19. The Morgan fingerprint density at radius 1 is 1.30 bits per heavy atom. The van der Waals surface area contributed by atoms with Crippen LogP contribution in [0.2, 0.25) is 0 Å². The van der Waals surface area contributed by atoms with Crippen LogP contribution in [0.1, 0.15) is 35.6 Å². The van der Waals surface area contributed by atoms with Crippen LogP contribution in [0, 0.1) is 13.8 Å². The van der Waals surface area contributed by atoms with Crippen LogP contribution in [0.5, 0.6) is 0 Å². The second kappa shape index (κ2) is 5.34. The molecule has 1 atom stereocenters. The van der Waals surface area contributed by atoms with Gasteiger partial charge in [0.15, 0.2) is 4.96 Å². The number of nitrogens with one attached hydrogen (secondary N) is 1. The molecule has 0 aliphatic heterocycles. The highest BCUT2D eigenvalue weighted by molar-refractivity contribution is 7.15. The maximum Gasteiger partial charge on any atom is 0.194 e. The second-order valence-corrected chi connectivity index (χ2v) is 5.86. The van der Waals surface area contributed by atoms with Crippen molar-refractivity contribution < 1.29 is 0 Å². The molecule has 4 nitrogen and oxygen atoms in total. The van der Waals surface area contributed by atoms with E-state index in [0.717, 1.165) is 17.2 Å². The van der Waals surface area contributed by atoms with E-state index in [9.17, 15) is 0 Å². The lowest BCUT2D eigenvalue weighted by Crippen LogP contribution is -2.19. The Hall–Kier alpha value is -1.72. The number of aromatic nitrogens is 3. The van der Waals surface area contributed by atoms with Gasteiger partial charge in [0, 0.05) is 36.1 Å². The predicted octanol–water partition coefficient (Wildman–Crippen LogP) is 3.26. The molecule has 3 aromatic rings. The average Bonchev–Trinajstić information content (AvgIpc) is 2.97. The Morgan fingerprint density at radius 3 is 2.80 bits per heavy atom. The molecule has 1 N–H and O–H groups in total. The first-order chi connectivity index (χ1) is 9.66. The number of hydrogen-bond donors (Lipinski definition) is 1. The maximum atomic E-state index is 4.62. The Kier molecular flexibility index (Phi) is 3.54.